The number of benzene rings is 1. The lowest BCUT2D eigenvalue weighted by molar-refractivity contribution is -0.153. The fraction of sp³-hybridized carbons (Fsp3) is 0.300. The quantitative estimate of drug-likeness (QED) is 0.891. The fourth-order valence-corrected chi connectivity index (χ4v) is 2.49. The number of alkyl halides is 2. The molecule has 1 aromatic carbocycles. The van der Waals surface area contributed by atoms with Gasteiger partial charge in [-0.3, -0.25) is 0 Å². The minimum atomic E-state index is -5.34. The van der Waals surface area contributed by atoms with Crippen LogP contribution in [-0.2, 0) is 14.6 Å². The Hall–Kier alpha value is -1.90. The molecule has 1 aliphatic heterocycles. The molecule has 0 saturated heterocycles. The van der Waals surface area contributed by atoms with E-state index in [1.54, 1.807) is 0 Å². The number of rotatable bonds is 3. The van der Waals surface area contributed by atoms with Gasteiger partial charge in [-0.1, -0.05) is 0 Å². The molecular weight excluding hydrogens is 286 g/mol. The summed E-state index contributed by atoms with van der Waals surface area (Å²) in [5.41, 5.74) is 0. The zero-order valence-corrected chi connectivity index (χ0v) is 10.1. The Morgan fingerprint density at radius 3 is 2.37 bits per heavy atom. The van der Waals surface area contributed by atoms with Crippen molar-refractivity contribution in [3.63, 3.8) is 0 Å². The average molecular weight is 294 g/mol. The van der Waals surface area contributed by atoms with Crippen LogP contribution in [0.15, 0.2) is 23.1 Å². The van der Waals surface area contributed by atoms with Gasteiger partial charge in [0.15, 0.2) is 11.5 Å². The third-order valence-corrected chi connectivity index (χ3v) is 4.13. The van der Waals surface area contributed by atoms with E-state index in [1.165, 1.54) is 0 Å². The van der Waals surface area contributed by atoms with Crippen molar-refractivity contribution in [1.29, 1.82) is 0 Å². The van der Waals surface area contributed by atoms with Gasteiger partial charge in [-0.25, -0.2) is 13.2 Å². The van der Waals surface area contributed by atoms with Crippen molar-refractivity contribution in [3.05, 3.63) is 18.2 Å². The predicted molar refractivity (Wildman–Crippen MR) is 57.2 cm³/mol. The van der Waals surface area contributed by atoms with Gasteiger partial charge in [0, 0.05) is 6.07 Å². The lowest BCUT2D eigenvalue weighted by atomic mass is 10.3. The first-order valence-electron chi connectivity index (χ1n) is 5.02. The predicted octanol–water partition coefficient (Wildman–Crippen LogP) is 0.909. The van der Waals surface area contributed by atoms with Gasteiger partial charge >= 0.3 is 11.2 Å². The van der Waals surface area contributed by atoms with E-state index >= 15 is 0 Å². The van der Waals surface area contributed by atoms with Crippen molar-refractivity contribution >= 4 is 15.8 Å². The number of fused-ring (bicyclic) bond motifs is 1. The molecule has 1 aromatic rings. The van der Waals surface area contributed by atoms with Crippen molar-refractivity contribution in [1.82, 2.24) is 0 Å². The van der Waals surface area contributed by atoms with Crippen LogP contribution in [0, 0.1) is 0 Å². The van der Waals surface area contributed by atoms with Crippen LogP contribution in [0.2, 0.25) is 0 Å². The molecule has 1 N–H and O–H groups in total. The van der Waals surface area contributed by atoms with Crippen LogP contribution in [0.25, 0.3) is 0 Å². The van der Waals surface area contributed by atoms with Crippen LogP contribution in [-0.4, -0.2) is 38.0 Å². The van der Waals surface area contributed by atoms with Gasteiger partial charge in [0.1, 0.15) is 13.2 Å². The molecule has 1 aliphatic rings. The molecule has 0 bridgehead atoms. The lowest BCUT2D eigenvalue weighted by Crippen LogP contribution is -2.37. The Kier molecular flexibility index (Phi) is 3.09. The van der Waals surface area contributed by atoms with E-state index in [-0.39, 0.29) is 24.7 Å². The molecule has 0 atom stereocenters. The van der Waals surface area contributed by atoms with Gasteiger partial charge in [-0.05, 0) is 12.1 Å². The highest BCUT2D eigenvalue weighted by Crippen LogP contribution is 2.36. The number of carboxylic acids is 1. The van der Waals surface area contributed by atoms with E-state index in [9.17, 15) is 22.0 Å². The Morgan fingerprint density at radius 2 is 1.79 bits per heavy atom. The van der Waals surface area contributed by atoms with Gasteiger partial charge in [0.25, 0.3) is 9.84 Å². The number of sulfone groups is 1. The minimum Gasteiger partial charge on any atom is -0.486 e. The van der Waals surface area contributed by atoms with Crippen LogP contribution in [0.5, 0.6) is 11.5 Å². The largest absolute Gasteiger partial charge is 0.486 e. The highest BCUT2D eigenvalue weighted by Gasteiger charge is 2.54. The molecule has 0 amide bonds. The monoisotopic (exact) mass is 294 g/mol. The number of ether oxygens (including phenoxy) is 2. The SMILES string of the molecule is O=C(O)C(F)(F)S(=O)(=O)c1ccc2c(c1)OCCO2. The molecule has 0 unspecified atom stereocenters. The Bertz CT molecular complexity index is 625. The molecule has 0 spiro atoms. The number of halogens is 2. The zero-order valence-electron chi connectivity index (χ0n) is 9.30. The van der Waals surface area contributed by atoms with E-state index in [4.69, 9.17) is 14.6 Å². The Labute approximate surface area is 106 Å². The maximum Gasteiger partial charge on any atom is 0.444 e. The zero-order chi connectivity index (χ0) is 14.3. The number of hydrogen-bond acceptors (Lipinski definition) is 5. The second-order valence-electron chi connectivity index (χ2n) is 3.63. The molecule has 2 rings (SSSR count). The molecule has 0 aromatic heterocycles. The summed E-state index contributed by atoms with van der Waals surface area (Å²) in [6, 6.07) is 2.81. The molecule has 0 radical (unpaired) electrons. The highest BCUT2D eigenvalue weighted by molar-refractivity contribution is 7.93. The topological polar surface area (TPSA) is 89.9 Å². The van der Waals surface area contributed by atoms with E-state index in [1.807, 2.05) is 0 Å². The van der Waals surface area contributed by atoms with Crippen molar-refractivity contribution in [2.24, 2.45) is 0 Å². The molecule has 0 fully saturated rings. The Balaban J connectivity index is 2.50. The molecule has 19 heavy (non-hydrogen) atoms. The summed E-state index contributed by atoms with van der Waals surface area (Å²) in [4.78, 5) is 9.50. The Morgan fingerprint density at radius 1 is 1.21 bits per heavy atom. The van der Waals surface area contributed by atoms with E-state index in [0.717, 1.165) is 18.2 Å². The second kappa shape index (κ2) is 4.34. The minimum absolute atomic E-state index is 0.0199. The maximum absolute atomic E-state index is 13.2. The van der Waals surface area contributed by atoms with Gasteiger partial charge in [0.2, 0.25) is 0 Å². The fourth-order valence-electron chi connectivity index (χ4n) is 1.45. The maximum atomic E-state index is 13.2. The van der Waals surface area contributed by atoms with Gasteiger partial charge < -0.3 is 14.6 Å². The standard InChI is InChI=1S/C10H8F2O6S/c11-10(12,9(13)14)19(15,16)6-1-2-7-8(5-6)18-4-3-17-7/h1-2,5H,3-4H2,(H,13,14). The molecule has 0 aliphatic carbocycles. The highest BCUT2D eigenvalue weighted by atomic mass is 32.2. The van der Waals surface area contributed by atoms with Crippen LogP contribution in [0.3, 0.4) is 0 Å². The molecule has 6 nitrogen and oxygen atoms in total. The van der Waals surface area contributed by atoms with Crippen molar-refractivity contribution in [3.8, 4) is 11.5 Å². The third-order valence-electron chi connectivity index (χ3n) is 2.41. The molecular formula is C10H8F2O6S. The summed E-state index contributed by atoms with van der Waals surface area (Å²) in [6.45, 7) is 0.399. The number of carboxylic acid groups (broad SMARTS) is 1. The summed E-state index contributed by atoms with van der Waals surface area (Å²) < 4.78 is 59.6. The van der Waals surface area contributed by atoms with Gasteiger partial charge in [-0.2, -0.15) is 8.78 Å². The number of aliphatic carboxylic acids is 1. The summed E-state index contributed by atoms with van der Waals surface area (Å²) in [7, 11) is -5.34. The van der Waals surface area contributed by atoms with Crippen molar-refractivity contribution in [2.45, 2.75) is 10.2 Å². The first-order valence-corrected chi connectivity index (χ1v) is 6.50. The number of hydrogen-bond donors (Lipinski definition) is 1. The van der Waals surface area contributed by atoms with Crippen molar-refractivity contribution in [2.75, 3.05) is 13.2 Å². The lowest BCUT2D eigenvalue weighted by Gasteiger charge is -2.19. The third kappa shape index (κ3) is 2.09. The van der Waals surface area contributed by atoms with Crippen LogP contribution >= 0.6 is 0 Å². The molecule has 104 valence electrons. The number of carbonyl (C=O) groups is 1. The molecule has 0 saturated carbocycles. The van der Waals surface area contributed by atoms with Gasteiger partial charge in [0.05, 0.1) is 4.90 Å². The van der Waals surface area contributed by atoms with E-state index in [2.05, 4.69) is 0 Å². The smallest absolute Gasteiger partial charge is 0.444 e. The van der Waals surface area contributed by atoms with E-state index < -0.39 is 26.0 Å². The molecule has 9 heteroatoms. The molecule has 1 heterocycles. The average Bonchev–Trinajstić information content (AvgIpc) is 2.37. The van der Waals surface area contributed by atoms with E-state index in [0.29, 0.717) is 0 Å². The van der Waals surface area contributed by atoms with Crippen LogP contribution < -0.4 is 9.47 Å². The summed E-state index contributed by atoms with van der Waals surface area (Å²) in [6.07, 6.45) is 0. The summed E-state index contributed by atoms with van der Waals surface area (Å²) in [5, 5.41) is 3.39. The van der Waals surface area contributed by atoms with Crippen LogP contribution in [0.1, 0.15) is 0 Å². The van der Waals surface area contributed by atoms with Crippen molar-refractivity contribution < 1.29 is 36.6 Å². The van der Waals surface area contributed by atoms with Crippen LogP contribution in [0.4, 0.5) is 8.78 Å². The second-order valence-corrected chi connectivity index (χ2v) is 5.62. The summed E-state index contributed by atoms with van der Waals surface area (Å²) in [5.74, 6) is -2.54. The van der Waals surface area contributed by atoms with Gasteiger partial charge in [-0.15, -0.1) is 0 Å². The summed E-state index contributed by atoms with van der Waals surface area (Å²) >= 11 is 0. The first-order chi connectivity index (χ1) is 8.76. The normalized spacial score (nSPS) is 15.1. The first kappa shape index (κ1) is 13.5.